The minimum absolute atomic E-state index is 0.157. The quantitative estimate of drug-likeness (QED) is 0.628. The molecule has 1 aliphatic heterocycles. The lowest BCUT2D eigenvalue weighted by atomic mass is 9.85. The number of hydrogen-bond donors (Lipinski definition) is 2. The molecule has 0 aromatic carbocycles. The molecule has 1 heterocycles. The van der Waals surface area contributed by atoms with Gasteiger partial charge >= 0.3 is 0 Å². The van der Waals surface area contributed by atoms with Gasteiger partial charge in [-0.2, -0.15) is 0 Å². The molecule has 0 fully saturated rings. The maximum atomic E-state index is 3.84. The summed E-state index contributed by atoms with van der Waals surface area (Å²) in [4.78, 5) is 0. The molecular formula is C21H36N2. The largest absolute Gasteiger partial charge is 0.381 e. The van der Waals surface area contributed by atoms with E-state index in [1.165, 1.54) is 37.0 Å². The summed E-state index contributed by atoms with van der Waals surface area (Å²) in [5, 5.41) is 7.35. The van der Waals surface area contributed by atoms with Crippen LogP contribution in [-0.2, 0) is 0 Å². The molecule has 2 nitrogen and oxygen atoms in total. The second kappa shape index (κ2) is 8.19. The zero-order valence-electron chi connectivity index (χ0n) is 15.8. The normalized spacial score (nSPS) is 26.8. The van der Waals surface area contributed by atoms with Gasteiger partial charge in [-0.15, -0.1) is 0 Å². The Labute approximate surface area is 143 Å². The molecule has 0 saturated heterocycles. The van der Waals surface area contributed by atoms with Gasteiger partial charge in [-0.25, -0.2) is 0 Å². The van der Waals surface area contributed by atoms with Crippen LogP contribution in [0.3, 0.4) is 0 Å². The molecule has 130 valence electrons. The van der Waals surface area contributed by atoms with Gasteiger partial charge in [0.1, 0.15) is 0 Å². The van der Waals surface area contributed by atoms with Crippen molar-refractivity contribution in [1.82, 2.24) is 10.6 Å². The number of hydrogen-bond acceptors (Lipinski definition) is 2. The van der Waals surface area contributed by atoms with Crippen LogP contribution in [0.5, 0.6) is 0 Å². The van der Waals surface area contributed by atoms with E-state index in [4.69, 9.17) is 0 Å². The van der Waals surface area contributed by atoms with Crippen LogP contribution >= 0.6 is 0 Å². The third-order valence-electron chi connectivity index (χ3n) is 5.46. The third kappa shape index (κ3) is 4.97. The first-order valence-electron chi connectivity index (χ1n) is 9.56. The van der Waals surface area contributed by atoms with Crippen LogP contribution < -0.4 is 10.6 Å². The van der Waals surface area contributed by atoms with Crippen LogP contribution in [-0.4, -0.2) is 19.1 Å². The Morgan fingerprint density at radius 3 is 2.61 bits per heavy atom. The summed E-state index contributed by atoms with van der Waals surface area (Å²) in [7, 11) is 0. The molecule has 3 unspecified atom stereocenters. The highest BCUT2D eigenvalue weighted by atomic mass is 15.0. The Balaban J connectivity index is 2.09. The SMILES string of the molecule is CCNCCC1C2=C(C=CC(C)(C)C=C2)NC1CCC(C)CC. The molecule has 0 spiro atoms. The monoisotopic (exact) mass is 316 g/mol. The summed E-state index contributed by atoms with van der Waals surface area (Å²) in [5.74, 6) is 1.47. The van der Waals surface area contributed by atoms with Crippen LogP contribution in [0.25, 0.3) is 0 Å². The molecule has 2 N–H and O–H groups in total. The molecular weight excluding hydrogens is 280 g/mol. The second-order valence-electron chi connectivity index (χ2n) is 7.95. The van der Waals surface area contributed by atoms with Crippen LogP contribution in [0.1, 0.15) is 60.3 Å². The summed E-state index contributed by atoms with van der Waals surface area (Å²) in [5.41, 5.74) is 3.05. The van der Waals surface area contributed by atoms with Gasteiger partial charge in [0, 0.05) is 23.1 Å². The van der Waals surface area contributed by atoms with Crippen molar-refractivity contribution in [2.45, 2.75) is 66.3 Å². The molecule has 0 amide bonds. The van der Waals surface area contributed by atoms with E-state index in [1.807, 2.05) is 0 Å². The molecule has 0 radical (unpaired) electrons. The Morgan fingerprint density at radius 1 is 1.17 bits per heavy atom. The van der Waals surface area contributed by atoms with Crippen LogP contribution in [0.15, 0.2) is 35.6 Å². The smallest absolute Gasteiger partial charge is 0.0375 e. The summed E-state index contributed by atoms with van der Waals surface area (Å²) in [6.45, 7) is 13.6. The Kier molecular flexibility index (Phi) is 6.52. The number of nitrogens with one attached hydrogen (secondary N) is 2. The average Bonchev–Trinajstić information content (AvgIpc) is 2.78. The second-order valence-corrected chi connectivity index (χ2v) is 7.95. The summed E-state index contributed by atoms with van der Waals surface area (Å²) >= 11 is 0. The molecule has 0 aromatic rings. The number of allylic oxidation sites excluding steroid dienone is 4. The first-order valence-corrected chi connectivity index (χ1v) is 9.56. The van der Waals surface area contributed by atoms with Gasteiger partial charge in [-0.1, -0.05) is 59.3 Å². The van der Waals surface area contributed by atoms with Crippen LogP contribution in [0.4, 0.5) is 0 Å². The molecule has 2 heteroatoms. The Morgan fingerprint density at radius 2 is 1.91 bits per heavy atom. The first kappa shape index (κ1) is 18.3. The van der Waals surface area contributed by atoms with Crippen molar-refractivity contribution in [3.63, 3.8) is 0 Å². The Hall–Kier alpha value is -1.02. The lowest BCUT2D eigenvalue weighted by Gasteiger charge is -2.24. The van der Waals surface area contributed by atoms with E-state index in [0.717, 1.165) is 19.0 Å². The molecule has 23 heavy (non-hydrogen) atoms. The zero-order chi connectivity index (χ0) is 16.9. The van der Waals surface area contributed by atoms with Crippen molar-refractivity contribution in [2.75, 3.05) is 13.1 Å². The van der Waals surface area contributed by atoms with Crippen molar-refractivity contribution >= 4 is 0 Å². The fourth-order valence-electron chi connectivity index (χ4n) is 3.55. The minimum atomic E-state index is 0.157. The lowest BCUT2D eigenvalue weighted by Crippen LogP contribution is -2.31. The van der Waals surface area contributed by atoms with Gasteiger partial charge in [-0.05, 0) is 49.9 Å². The standard InChI is InChI=1S/C21H36N2/c1-6-16(3)8-9-19-18(12-15-22-7-2)17-10-13-21(4,5)14-11-20(17)23-19/h10-11,13-14,16,18-19,22-23H,6-9,12,15H2,1-5H3. The van der Waals surface area contributed by atoms with Gasteiger partial charge in [-0.3, -0.25) is 0 Å². The minimum Gasteiger partial charge on any atom is -0.381 e. The van der Waals surface area contributed by atoms with E-state index in [-0.39, 0.29) is 5.41 Å². The molecule has 2 aliphatic rings. The maximum absolute atomic E-state index is 3.84. The van der Waals surface area contributed by atoms with E-state index in [1.54, 1.807) is 0 Å². The highest BCUT2D eigenvalue weighted by Crippen LogP contribution is 2.37. The van der Waals surface area contributed by atoms with E-state index in [0.29, 0.717) is 12.0 Å². The lowest BCUT2D eigenvalue weighted by molar-refractivity contribution is 0.370. The molecule has 0 aromatic heterocycles. The molecule has 0 bridgehead atoms. The van der Waals surface area contributed by atoms with E-state index < -0.39 is 0 Å². The van der Waals surface area contributed by atoms with Gasteiger partial charge in [0.2, 0.25) is 0 Å². The molecule has 0 saturated carbocycles. The first-order chi connectivity index (χ1) is 11.0. The predicted octanol–water partition coefficient (Wildman–Crippen LogP) is 4.81. The van der Waals surface area contributed by atoms with Gasteiger partial charge in [0.25, 0.3) is 0 Å². The van der Waals surface area contributed by atoms with Crippen molar-refractivity contribution in [2.24, 2.45) is 17.3 Å². The summed E-state index contributed by atoms with van der Waals surface area (Å²) < 4.78 is 0. The Bertz CT molecular complexity index is 470. The van der Waals surface area contributed by atoms with Crippen LogP contribution in [0.2, 0.25) is 0 Å². The fourth-order valence-corrected chi connectivity index (χ4v) is 3.55. The van der Waals surface area contributed by atoms with Crippen molar-refractivity contribution in [3.8, 4) is 0 Å². The third-order valence-corrected chi connectivity index (χ3v) is 5.46. The van der Waals surface area contributed by atoms with Gasteiger partial charge in [0.05, 0.1) is 0 Å². The fraction of sp³-hybridized carbons (Fsp3) is 0.714. The average molecular weight is 317 g/mol. The van der Waals surface area contributed by atoms with Gasteiger partial charge in [0.15, 0.2) is 0 Å². The molecule has 2 rings (SSSR count). The van der Waals surface area contributed by atoms with E-state index in [9.17, 15) is 0 Å². The van der Waals surface area contributed by atoms with Crippen molar-refractivity contribution in [1.29, 1.82) is 0 Å². The summed E-state index contributed by atoms with van der Waals surface area (Å²) in [6, 6.07) is 0.600. The maximum Gasteiger partial charge on any atom is 0.0375 e. The molecule has 3 atom stereocenters. The zero-order valence-corrected chi connectivity index (χ0v) is 15.8. The highest BCUT2D eigenvalue weighted by Gasteiger charge is 2.33. The number of rotatable bonds is 8. The predicted molar refractivity (Wildman–Crippen MR) is 101 cm³/mol. The highest BCUT2D eigenvalue weighted by molar-refractivity contribution is 5.43. The summed E-state index contributed by atoms with van der Waals surface area (Å²) in [6.07, 6.45) is 14.5. The van der Waals surface area contributed by atoms with E-state index >= 15 is 0 Å². The van der Waals surface area contributed by atoms with E-state index in [2.05, 4.69) is 69.6 Å². The van der Waals surface area contributed by atoms with Crippen molar-refractivity contribution in [3.05, 3.63) is 35.6 Å². The van der Waals surface area contributed by atoms with Gasteiger partial charge < -0.3 is 10.6 Å². The topological polar surface area (TPSA) is 24.1 Å². The molecule has 1 aliphatic carbocycles. The van der Waals surface area contributed by atoms with Crippen LogP contribution in [0, 0.1) is 17.3 Å². The van der Waals surface area contributed by atoms with Crippen molar-refractivity contribution < 1.29 is 0 Å².